The Balaban J connectivity index is 2.12. The van der Waals surface area contributed by atoms with Crippen molar-refractivity contribution in [2.24, 2.45) is 0 Å². The van der Waals surface area contributed by atoms with Crippen molar-refractivity contribution in [1.29, 1.82) is 0 Å². The number of hydrogen-bond acceptors (Lipinski definition) is 5. The van der Waals surface area contributed by atoms with Gasteiger partial charge in [0, 0.05) is 11.4 Å². The number of rotatable bonds is 2. The van der Waals surface area contributed by atoms with Gasteiger partial charge >= 0.3 is 0 Å². The third kappa shape index (κ3) is 2.91. The van der Waals surface area contributed by atoms with Gasteiger partial charge in [-0.05, 0) is 45.0 Å². The molecule has 0 saturated heterocycles. The molecule has 3 rings (SSSR count). The average molecular weight is 277 g/mol. The van der Waals surface area contributed by atoms with Gasteiger partial charge in [-0.15, -0.1) is 0 Å². The van der Waals surface area contributed by atoms with Crippen molar-refractivity contribution in [3.63, 3.8) is 0 Å². The first-order chi connectivity index (χ1) is 10.1. The zero-order chi connectivity index (χ0) is 14.8. The number of aromatic nitrogens is 5. The fourth-order valence-electron chi connectivity index (χ4n) is 2.05. The van der Waals surface area contributed by atoms with E-state index in [4.69, 9.17) is 0 Å². The molecule has 0 aromatic carbocycles. The van der Waals surface area contributed by atoms with Gasteiger partial charge in [0.25, 0.3) is 0 Å². The molecule has 3 aromatic rings. The molecule has 0 fully saturated rings. The zero-order valence-corrected chi connectivity index (χ0v) is 12.2. The lowest BCUT2D eigenvalue weighted by Crippen LogP contribution is -2.02. The maximum absolute atomic E-state index is 4.51. The van der Waals surface area contributed by atoms with Crippen LogP contribution in [0, 0.1) is 20.8 Å². The molecule has 0 aliphatic heterocycles. The molecule has 5 nitrogen and oxygen atoms in total. The van der Waals surface area contributed by atoms with Gasteiger partial charge in [0.1, 0.15) is 17.2 Å². The SMILES string of the molecule is Cc1cccc(-c2nc(C)nc(-c3cccc(C)n3)n2)n1. The minimum Gasteiger partial charge on any atom is -0.250 e. The van der Waals surface area contributed by atoms with Crippen LogP contribution in [0.4, 0.5) is 0 Å². The highest BCUT2D eigenvalue weighted by Gasteiger charge is 2.10. The van der Waals surface area contributed by atoms with Gasteiger partial charge in [0.2, 0.25) is 0 Å². The summed E-state index contributed by atoms with van der Waals surface area (Å²) < 4.78 is 0. The van der Waals surface area contributed by atoms with Gasteiger partial charge in [-0.3, -0.25) is 0 Å². The molecule has 0 atom stereocenters. The highest BCUT2D eigenvalue weighted by atomic mass is 15.1. The van der Waals surface area contributed by atoms with E-state index in [2.05, 4.69) is 24.9 Å². The summed E-state index contributed by atoms with van der Waals surface area (Å²) in [6, 6.07) is 11.6. The number of nitrogens with zero attached hydrogens (tertiary/aromatic N) is 5. The van der Waals surface area contributed by atoms with Crippen LogP contribution >= 0.6 is 0 Å². The van der Waals surface area contributed by atoms with Crippen molar-refractivity contribution in [3.8, 4) is 23.0 Å². The molecule has 0 amide bonds. The maximum atomic E-state index is 4.51. The third-order valence-electron chi connectivity index (χ3n) is 2.98. The van der Waals surface area contributed by atoms with Crippen LogP contribution in [0.25, 0.3) is 23.0 Å². The molecule has 21 heavy (non-hydrogen) atoms. The van der Waals surface area contributed by atoms with Crippen LogP contribution in [0.15, 0.2) is 36.4 Å². The summed E-state index contributed by atoms with van der Waals surface area (Å²) in [6.07, 6.45) is 0. The highest BCUT2D eigenvalue weighted by molar-refractivity contribution is 5.55. The fraction of sp³-hybridized carbons (Fsp3) is 0.188. The Morgan fingerprint density at radius 3 is 1.48 bits per heavy atom. The minimum atomic E-state index is 0.574. The molecule has 0 N–H and O–H groups in total. The minimum absolute atomic E-state index is 0.574. The van der Waals surface area contributed by atoms with Crippen LogP contribution in [0.5, 0.6) is 0 Å². The third-order valence-corrected chi connectivity index (χ3v) is 2.98. The van der Waals surface area contributed by atoms with Crippen molar-refractivity contribution in [2.75, 3.05) is 0 Å². The zero-order valence-electron chi connectivity index (χ0n) is 12.2. The lowest BCUT2D eigenvalue weighted by Gasteiger charge is -2.05. The fourth-order valence-corrected chi connectivity index (χ4v) is 2.05. The molecule has 5 heteroatoms. The van der Waals surface area contributed by atoms with Crippen LogP contribution in [0.2, 0.25) is 0 Å². The van der Waals surface area contributed by atoms with Gasteiger partial charge in [0.15, 0.2) is 11.6 Å². The smallest absolute Gasteiger partial charge is 0.182 e. The summed E-state index contributed by atoms with van der Waals surface area (Å²) in [5.41, 5.74) is 3.35. The Kier molecular flexibility index (Phi) is 3.39. The maximum Gasteiger partial charge on any atom is 0.182 e. The Morgan fingerprint density at radius 2 is 1.05 bits per heavy atom. The Hall–Kier alpha value is -2.69. The summed E-state index contributed by atoms with van der Waals surface area (Å²) in [5, 5.41) is 0. The van der Waals surface area contributed by atoms with E-state index in [-0.39, 0.29) is 0 Å². The topological polar surface area (TPSA) is 64.5 Å². The second kappa shape index (κ2) is 5.36. The molecule has 0 spiro atoms. The molecule has 3 heterocycles. The van der Waals surface area contributed by atoms with E-state index in [1.807, 2.05) is 57.2 Å². The monoisotopic (exact) mass is 277 g/mol. The average Bonchev–Trinajstić information content (AvgIpc) is 2.46. The lowest BCUT2D eigenvalue weighted by atomic mass is 10.2. The Morgan fingerprint density at radius 1 is 0.571 bits per heavy atom. The van der Waals surface area contributed by atoms with E-state index < -0.39 is 0 Å². The molecule has 0 unspecified atom stereocenters. The van der Waals surface area contributed by atoms with Gasteiger partial charge in [-0.1, -0.05) is 12.1 Å². The van der Waals surface area contributed by atoms with Crippen LogP contribution < -0.4 is 0 Å². The van der Waals surface area contributed by atoms with Crippen LogP contribution in [0.1, 0.15) is 17.2 Å². The van der Waals surface area contributed by atoms with E-state index >= 15 is 0 Å². The first-order valence-corrected chi connectivity index (χ1v) is 6.72. The van der Waals surface area contributed by atoms with Gasteiger partial charge in [-0.2, -0.15) is 0 Å². The predicted molar refractivity (Wildman–Crippen MR) is 80.5 cm³/mol. The largest absolute Gasteiger partial charge is 0.250 e. The van der Waals surface area contributed by atoms with E-state index in [1.165, 1.54) is 0 Å². The summed E-state index contributed by atoms with van der Waals surface area (Å²) in [7, 11) is 0. The molecule has 104 valence electrons. The summed E-state index contributed by atoms with van der Waals surface area (Å²) in [4.78, 5) is 22.2. The quantitative estimate of drug-likeness (QED) is 0.720. The molecule has 3 aromatic heterocycles. The van der Waals surface area contributed by atoms with Crippen molar-refractivity contribution in [3.05, 3.63) is 53.6 Å². The molecule has 0 aliphatic rings. The van der Waals surface area contributed by atoms with E-state index in [9.17, 15) is 0 Å². The summed E-state index contributed by atoms with van der Waals surface area (Å²) in [5.74, 6) is 1.80. The van der Waals surface area contributed by atoms with Crippen LogP contribution in [-0.2, 0) is 0 Å². The van der Waals surface area contributed by atoms with Gasteiger partial charge < -0.3 is 0 Å². The normalized spacial score (nSPS) is 10.6. The highest BCUT2D eigenvalue weighted by Crippen LogP contribution is 2.17. The van der Waals surface area contributed by atoms with Crippen LogP contribution in [0.3, 0.4) is 0 Å². The number of hydrogen-bond donors (Lipinski definition) is 0. The van der Waals surface area contributed by atoms with Gasteiger partial charge in [-0.25, -0.2) is 24.9 Å². The second-order valence-corrected chi connectivity index (χ2v) is 4.86. The van der Waals surface area contributed by atoms with E-state index in [1.54, 1.807) is 0 Å². The summed E-state index contributed by atoms with van der Waals surface area (Å²) in [6.45, 7) is 5.74. The van der Waals surface area contributed by atoms with Crippen LogP contribution in [-0.4, -0.2) is 24.9 Å². The summed E-state index contributed by atoms with van der Waals surface area (Å²) >= 11 is 0. The van der Waals surface area contributed by atoms with Crippen molar-refractivity contribution < 1.29 is 0 Å². The first-order valence-electron chi connectivity index (χ1n) is 6.72. The second-order valence-electron chi connectivity index (χ2n) is 4.86. The Labute approximate surface area is 123 Å². The number of aryl methyl sites for hydroxylation is 3. The van der Waals surface area contributed by atoms with E-state index in [0.29, 0.717) is 17.5 Å². The Bertz CT molecular complexity index is 734. The lowest BCUT2D eigenvalue weighted by molar-refractivity contribution is 0.970. The van der Waals surface area contributed by atoms with Crippen molar-refractivity contribution >= 4 is 0 Å². The number of pyridine rings is 2. The molecular weight excluding hydrogens is 262 g/mol. The molecule has 0 bridgehead atoms. The molecule has 0 saturated carbocycles. The van der Waals surface area contributed by atoms with Gasteiger partial charge in [0.05, 0.1) is 0 Å². The molecule has 0 aliphatic carbocycles. The predicted octanol–water partition coefficient (Wildman–Crippen LogP) is 2.92. The first kappa shape index (κ1) is 13.3. The molecular formula is C16H15N5. The molecule has 0 radical (unpaired) electrons. The van der Waals surface area contributed by atoms with Crippen molar-refractivity contribution in [1.82, 2.24) is 24.9 Å². The standard InChI is InChI=1S/C16H15N5/c1-10-6-4-8-13(17-10)15-19-12(3)20-16(21-15)14-9-5-7-11(2)18-14/h4-9H,1-3H3. The van der Waals surface area contributed by atoms with E-state index in [0.717, 1.165) is 22.8 Å². The van der Waals surface area contributed by atoms with Crippen molar-refractivity contribution in [2.45, 2.75) is 20.8 Å².